The van der Waals surface area contributed by atoms with Gasteiger partial charge < -0.3 is 5.73 Å². The van der Waals surface area contributed by atoms with Gasteiger partial charge in [-0.25, -0.2) is 9.97 Å². The lowest BCUT2D eigenvalue weighted by atomic mass is 10.5. The number of rotatable bonds is 1. The third-order valence-electron chi connectivity index (χ3n) is 1.62. The minimum atomic E-state index is -0.365. The molecule has 0 aliphatic carbocycles. The van der Waals surface area contributed by atoms with E-state index in [1.165, 1.54) is 11.8 Å². The highest BCUT2D eigenvalue weighted by Crippen LogP contribution is 2.11. The fraction of sp³-hybridized carbons (Fsp3) is 0.143. The standard InChI is InChI=1S/C7H7N5OS/c1-14-3-2-9-5-4(10-3)6(13)12-7(8)11-5/h2H,1H3,(H3,8,9,11,12,13). The summed E-state index contributed by atoms with van der Waals surface area (Å²) in [5.74, 6) is 0.0497. The Hall–Kier alpha value is -1.63. The van der Waals surface area contributed by atoms with Crippen molar-refractivity contribution in [1.29, 1.82) is 0 Å². The van der Waals surface area contributed by atoms with Crippen LogP contribution in [-0.4, -0.2) is 26.2 Å². The van der Waals surface area contributed by atoms with E-state index in [1.807, 2.05) is 6.26 Å². The summed E-state index contributed by atoms with van der Waals surface area (Å²) in [4.78, 5) is 25.6. The number of aromatic amines is 1. The van der Waals surface area contributed by atoms with Crippen LogP contribution in [0.15, 0.2) is 16.0 Å². The molecule has 7 heteroatoms. The maximum absolute atomic E-state index is 11.4. The van der Waals surface area contributed by atoms with Crippen molar-refractivity contribution in [2.24, 2.45) is 0 Å². The fourth-order valence-corrected chi connectivity index (χ4v) is 1.36. The van der Waals surface area contributed by atoms with E-state index >= 15 is 0 Å². The molecule has 2 aromatic heterocycles. The number of thioether (sulfide) groups is 1. The predicted molar refractivity (Wildman–Crippen MR) is 54.1 cm³/mol. The molecule has 0 amide bonds. The molecule has 72 valence electrons. The first-order valence-corrected chi connectivity index (χ1v) is 4.99. The summed E-state index contributed by atoms with van der Waals surface area (Å²) < 4.78 is 0. The maximum atomic E-state index is 11.4. The van der Waals surface area contributed by atoms with Gasteiger partial charge in [-0.3, -0.25) is 9.78 Å². The highest BCUT2D eigenvalue weighted by atomic mass is 32.2. The number of nitrogens with two attached hydrogens (primary N) is 1. The number of hydrogen-bond donors (Lipinski definition) is 2. The Morgan fingerprint density at radius 1 is 1.50 bits per heavy atom. The van der Waals surface area contributed by atoms with Crippen LogP contribution in [0.1, 0.15) is 0 Å². The lowest BCUT2D eigenvalue weighted by Crippen LogP contribution is -2.13. The Morgan fingerprint density at radius 2 is 2.29 bits per heavy atom. The SMILES string of the molecule is CSc1cnc2nc(N)[nH]c(=O)c2n1. The van der Waals surface area contributed by atoms with E-state index in [0.29, 0.717) is 5.03 Å². The number of aromatic nitrogens is 4. The molecule has 0 bridgehead atoms. The number of nitrogens with zero attached hydrogens (tertiary/aromatic N) is 3. The van der Waals surface area contributed by atoms with Crippen molar-refractivity contribution in [1.82, 2.24) is 19.9 Å². The minimum absolute atomic E-state index is 0.0497. The summed E-state index contributed by atoms with van der Waals surface area (Å²) in [6.07, 6.45) is 3.41. The zero-order valence-corrected chi connectivity index (χ0v) is 8.13. The number of hydrogen-bond acceptors (Lipinski definition) is 6. The van der Waals surface area contributed by atoms with Crippen LogP contribution in [-0.2, 0) is 0 Å². The van der Waals surface area contributed by atoms with Gasteiger partial charge in [-0.2, -0.15) is 4.98 Å². The third-order valence-corrected chi connectivity index (χ3v) is 2.24. The molecular formula is C7H7N5OS. The zero-order chi connectivity index (χ0) is 10.1. The molecule has 2 aromatic rings. The second-order valence-electron chi connectivity index (χ2n) is 2.54. The first kappa shape index (κ1) is 8.95. The van der Waals surface area contributed by atoms with Crippen molar-refractivity contribution in [3.05, 3.63) is 16.6 Å². The highest BCUT2D eigenvalue weighted by Gasteiger charge is 2.05. The van der Waals surface area contributed by atoms with Crippen molar-refractivity contribution in [3.8, 4) is 0 Å². The lowest BCUT2D eigenvalue weighted by molar-refractivity contribution is 1.06. The number of fused-ring (bicyclic) bond motifs is 1. The maximum Gasteiger partial charge on any atom is 0.280 e. The number of anilines is 1. The van der Waals surface area contributed by atoms with E-state index in [4.69, 9.17) is 5.73 Å². The summed E-state index contributed by atoms with van der Waals surface area (Å²) in [6, 6.07) is 0. The molecule has 0 saturated heterocycles. The van der Waals surface area contributed by atoms with E-state index in [0.717, 1.165) is 0 Å². The van der Waals surface area contributed by atoms with Gasteiger partial charge in [0.25, 0.3) is 5.56 Å². The Labute approximate surface area is 83.0 Å². The highest BCUT2D eigenvalue weighted by molar-refractivity contribution is 7.98. The molecule has 3 N–H and O–H groups in total. The van der Waals surface area contributed by atoms with Crippen molar-refractivity contribution >= 4 is 28.9 Å². The quantitative estimate of drug-likeness (QED) is 0.642. The number of H-pyrrole nitrogens is 1. The van der Waals surface area contributed by atoms with Gasteiger partial charge >= 0.3 is 0 Å². The van der Waals surface area contributed by atoms with Gasteiger partial charge in [0.2, 0.25) is 5.95 Å². The molecule has 6 nitrogen and oxygen atoms in total. The van der Waals surface area contributed by atoms with E-state index < -0.39 is 0 Å². The molecule has 0 atom stereocenters. The normalized spacial score (nSPS) is 10.6. The average molecular weight is 209 g/mol. The smallest absolute Gasteiger partial charge is 0.280 e. The Bertz CT molecular complexity index is 537. The zero-order valence-electron chi connectivity index (χ0n) is 7.31. The van der Waals surface area contributed by atoms with E-state index in [1.54, 1.807) is 6.20 Å². The number of nitrogen functional groups attached to an aromatic ring is 1. The fourth-order valence-electron chi connectivity index (χ4n) is 1.02. The van der Waals surface area contributed by atoms with Gasteiger partial charge in [0.15, 0.2) is 11.2 Å². The van der Waals surface area contributed by atoms with Crippen LogP contribution in [0.4, 0.5) is 5.95 Å². The summed E-state index contributed by atoms with van der Waals surface area (Å²) in [6.45, 7) is 0. The predicted octanol–water partition coefficient (Wildman–Crippen LogP) is 0.0172. The van der Waals surface area contributed by atoms with Gasteiger partial charge in [0.1, 0.15) is 5.03 Å². The average Bonchev–Trinajstić information content (AvgIpc) is 2.17. The van der Waals surface area contributed by atoms with Crippen LogP contribution in [0.25, 0.3) is 11.2 Å². The topological polar surface area (TPSA) is 97.5 Å². The molecule has 0 aliphatic rings. The molecule has 14 heavy (non-hydrogen) atoms. The van der Waals surface area contributed by atoms with Gasteiger partial charge in [-0.15, -0.1) is 11.8 Å². The van der Waals surface area contributed by atoms with Crippen LogP contribution in [0.3, 0.4) is 0 Å². The second kappa shape index (κ2) is 3.26. The molecular weight excluding hydrogens is 202 g/mol. The summed E-state index contributed by atoms with van der Waals surface area (Å²) in [5, 5.41) is 0.676. The number of nitrogens with one attached hydrogen (secondary N) is 1. The minimum Gasteiger partial charge on any atom is -0.369 e. The van der Waals surface area contributed by atoms with Crippen LogP contribution in [0.5, 0.6) is 0 Å². The monoisotopic (exact) mass is 209 g/mol. The largest absolute Gasteiger partial charge is 0.369 e. The van der Waals surface area contributed by atoms with Gasteiger partial charge in [-0.05, 0) is 6.26 Å². The van der Waals surface area contributed by atoms with Crippen molar-refractivity contribution < 1.29 is 0 Å². The first-order valence-electron chi connectivity index (χ1n) is 3.77. The van der Waals surface area contributed by atoms with Crippen molar-refractivity contribution in [3.63, 3.8) is 0 Å². The summed E-state index contributed by atoms with van der Waals surface area (Å²) in [5.41, 5.74) is 5.47. The Morgan fingerprint density at radius 3 is 3.00 bits per heavy atom. The molecule has 0 radical (unpaired) electrons. The van der Waals surface area contributed by atoms with Crippen molar-refractivity contribution in [2.45, 2.75) is 5.03 Å². The molecule has 0 unspecified atom stereocenters. The van der Waals surface area contributed by atoms with Gasteiger partial charge in [0.05, 0.1) is 6.20 Å². The molecule has 0 aliphatic heterocycles. The van der Waals surface area contributed by atoms with E-state index in [-0.39, 0.29) is 22.7 Å². The molecule has 2 heterocycles. The molecule has 2 rings (SSSR count). The van der Waals surface area contributed by atoms with Crippen LogP contribution in [0, 0.1) is 0 Å². The Balaban J connectivity index is 2.82. The Kier molecular flexibility index (Phi) is 2.08. The van der Waals surface area contributed by atoms with Crippen LogP contribution < -0.4 is 11.3 Å². The summed E-state index contributed by atoms with van der Waals surface area (Å²) in [7, 11) is 0. The molecule has 0 fully saturated rings. The first-order chi connectivity index (χ1) is 6.70. The van der Waals surface area contributed by atoms with E-state index in [2.05, 4.69) is 19.9 Å². The molecule has 0 spiro atoms. The van der Waals surface area contributed by atoms with Crippen LogP contribution in [0.2, 0.25) is 0 Å². The molecule has 0 aromatic carbocycles. The molecule has 0 saturated carbocycles. The second-order valence-corrected chi connectivity index (χ2v) is 3.36. The lowest BCUT2D eigenvalue weighted by Gasteiger charge is -1.98. The van der Waals surface area contributed by atoms with E-state index in [9.17, 15) is 4.79 Å². The van der Waals surface area contributed by atoms with Gasteiger partial charge in [0, 0.05) is 0 Å². The van der Waals surface area contributed by atoms with Crippen molar-refractivity contribution in [2.75, 3.05) is 12.0 Å². The van der Waals surface area contributed by atoms with Gasteiger partial charge in [-0.1, -0.05) is 0 Å². The van der Waals surface area contributed by atoms with Crippen LogP contribution >= 0.6 is 11.8 Å². The summed E-state index contributed by atoms with van der Waals surface area (Å²) >= 11 is 1.41. The third kappa shape index (κ3) is 1.41.